The van der Waals surface area contributed by atoms with Gasteiger partial charge in [0, 0.05) is 22.1 Å². The highest BCUT2D eigenvalue weighted by atomic mass is 16.3. The summed E-state index contributed by atoms with van der Waals surface area (Å²) >= 11 is 0. The van der Waals surface area contributed by atoms with Crippen molar-refractivity contribution < 1.29 is 4.42 Å². The Bertz CT molecular complexity index is 2520. The molecule has 0 spiro atoms. The van der Waals surface area contributed by atoms with Crippen LogP contribution in [0.2, 0.25) is 0 Å². The number of anilines is 3. The lowest BCUT2D eigenvalue weighted by Crippen LogP contribution is -2.10. The van der Waals surface area contributed by atoms with Gasteiger partial charge >= 0.3 is 0 Å². The van der Waals surface area contributed by atoms with Crippen molar-refractivity contribution in [2.45, 2.75) is 0 Å². The van der Waals surface area contributed by atoms with Crippen molar-refractivity contribution in [3.63, 3.8) is 0 Å². The normalized spacial score (nSPS) is 11.3. The fourth-order valence-electron chi connectivity index (χ4n) is 6.88. The molecule has 0 aliphatic heterocycles. The number of hydrogen-bond acceptors (Lipinski definition) is 2. The third-order valence-electron chi connectivity index (χ3n) is 9.27. The van der Waals surface area contributed by atoms with Gasteiger partial charge in [-0.25, -0.2) is 0 Å². The van der Waals surface area contributed by atoms with Crippen molar-refractivity contribution in [2.75, 3.05) is 4.90 Å². The summed E-state index contributed by atoms with van der Waals surface area (Å²) in [6.45, 7) is 0. The second-order valence-corrected chi connectivity index (χ2v) is 12.2. The number of rotatable bonds is 6. The summed E-state index contributed by atoms with van der Waals surface area (Å²) in [4.78, 5) is 2.30. The number of furan rings is 1. The molecule has 1 aromatic heterocycles. The molecule has 0 aliphatic rings. The minimum Gasteiger partial charge on any atom is -0.454 e. The van der Waals surface area contributed by atoms with Gasteiger partial charge in [-0.3, -0.25) is 0 Å². The van der Waals surface area contributed by atoms with Gasteiger partial charge < -0.3 is 9.32 Å². The Kier molecular flexibility index (Phi) is 6.84. The zero-order valence-corrected chi connectivity index (χ0v) is 26.3. The van der Waals surface area contributed by atoms with Crippen molar-refractivity contribution in [3.05, 3.63) is 188 Å². The first kappa shape index (κ1) is 27.9. The van der Waals surface area contributed by atoms with Crippen molar-refractivity contribution in [2.24, 2.45) is 0 Å². The molecule has 2 nitrogen and oxygen atoms in total. The molecule has 2 heteroatoms. The molecule has 0 fully saturated rings. The Labute approximate surface area is 279 Å². The fourth-order valence-corrected chi connectivity index (χ4v) is 6.88. The van der Waals surface area contributed by atoms with Crippen molar-refractivity contribution in [1.29, 1.82) is 0 Å². The van der Waals surface area contributed by atoms with Gasteiger partial charge in [0.05, 0.1) is 5.69 Å². The predicted molar refractivity (Wildman–Crippen MR) is 202 cm³/mol. The maximum Gasteiger partial charge on any atom is 0.159 e. The van der Waals surface area contributed by atoms with E-state index in [4.69, 9.17) is 4.42 Å². The van der Waals surface area contributed by atoms with Crippen LogP contribution in [0.5, 0.6) is 0 Å². The van der Waals surface area contributed by atoms with E-state index in [0.29, 0.717) is 0 Å². The van der Waals surface area contributed by atoms with Gasteiger partial charge in [0.15, 0.2) is 5.58 Å². The standard InChI is InChI=1S/C46H31NO/c1-4-11-32(12-5-1)34-19-21-35(22-20-34)36-25-28-40(29-26-36)47(39-15-8-3-9-16-39)43-18-10-17-41-45-42-31-38(33-13-6-2-7-14-33)24-23-37(42)27-30-44(45)48-46(41)43/h1-31H. The second kappa shape index (κ2) is 11.8. The molecule has 9 rings (SSSR count). The lowest BCUT2D eigenvalue weighted by atomic mass is 9.98. The molecule has 0 amide bonds. The number of benzene rings is 8. The maximum atomic E-state index is 6.76. The van der Waals surface area contributed by atoms with Crippen LogP contribution in [0, 0.1) is 0 Å². The smallest absolute Gasteiger partial charge is 0.159 e. The Morgan fingerprint density at radius 3 is 1.50 bits per heavy atom. The number of para-hydroxylation sites is 2. The summed E-state index contributed by atoms with van der Waals surface area (Å²) in [7, 11) is 0. The zero-order chi connectivity index (χ0) is 31.9. The molecule has 0 saturated carbocycles. The topological polar surface area (TPSA) is 16.4 Å². The van der Waals surface area contributed by atoms with Crippen molar-refractivity contribution in [3.8, 4) is 33.4 Å². The first-order valence-electron chi connectivity index (χ1n) is 16.3. The highest BCUT2D eigenvalue weighted by Gasteiger charge is 2.20. The van der Waals surface area contributed by atoms with E-state index in [0.717, 1.165) is 39.0 Å². The lowest BCUT2D eigenvalue weighted by molar-refractivity contribution is 0.669. The van der Waals surface area contributed by atoms with Gasteiger partial charge in [-0.2, -0.15) is 0 Å². The SMILES string of the molecule is c1ccc(-c2ccc(-c3ccc(N(c4ccccc4)c4cccc5c4oc4ccc6ccc(-c7ccccc7)cc6c45)cc3)cc2)cc1. The van der Waals surface area contributed by atoms with E-state index < -0.39 is 0 Å². The summed E-state index contributed by atoms with van der Waals surface area (Å²) < 4.78 is 6.76. The molecular formula is C46H31NO. The molecule has 0 N–H and O–H groups in total. The average Bonchev–Trinajstić information content (AvgIpc) is 3.56. The molecule has 0 bridgehead atoms. The van der Waals surface area contributed by atoms with E-state index in [1.165, 1.54) is 44.2 Å². The Morgan fingerprint density at radius 2 is 0.854 bits per heavy atom. The van der Waals surface area contributed by atoms with Crippen molar-refractivity contribution >= 4 is 49.8 Å². The quantitative estimate of drug-likeness (QED) is 0.185. The minimum absolute atomic E-state index is 0.870. The number of fused-ring (bicyclic) bond motifs is 5. The summed E-state index contributed by atoms with van der Waals surface area (Å²) in [6, 6.07) is 66.7. The Hall–Kier alpha value is -6.38. The summed E-state index contributed by atoms with van der Waals surface area (Å²) in [5.41, 5.74) is 12.1. The third-order valence-corrected chi connectivity index (χ3v) is 9.27. The van der Waals surface area contributed by atoms with E-state index in [1.807, 2.05) is 0 Å². The molecule has 0 unspecified atom stereocenters. The van der Waals surface area contributed by atoms with E-state index >= 15 is 0 Å². The van der Waals surface area contributed by atoms with Gasteiger partial charge in [0.2, 0.25) is 0 Å². The van der Waals surface area contributed by atoms with Gasteiger partial charge in [-0.1, -0.05) is 146 Å². The highest BCUT2D eigenvalue weighted by molar-refractivity contribution is 6.21. The van der Waals surface area contributed by atoms with Crippen LogP contribution in [0.3, 0.4) is 0 Å². The molecule has 48 heavy (non-hydrogen) atoms. The summed E-state index contributed by atoms with van der Waals surface area (Å²) in [5, 5.41) is 4.64. The van der Waals surface area contributed by atoms with Crippen LogP contribution in [0.15, 0.2) is 192 Å². The van der Waals surface area contributed by atoms with Gasteiger partial charge in [0.1, 0.15) is 5.58 Å². The number of hydrogen-bond donors (Lipinski definition) is 0. The lowest BCUT2D eigenvalue weighted by Gasteiger charge is -2.25. The van der Waals surface area contributed by atoms with Crippen LogP contribution in [-0.2, 0) is 0 Å². The molecule has 1 heterocycles. The minimum atomic E-state index is 0.870. The van der Waals surface area contributed by atoms with Crippen LogP contribution in [0.4, 0.5) is 17.1 Å². The van der Waals surface area contributed by atoms with Gasteiger partial charge in [0.25, 0.3) is 0 Å². The highest BCUT2D eigenvalue weighted by Crippen LogP contribution is 2.44. The molecule has 0 atom stereocenters. The fraction of sp³-hybridized carbons (Fsp3) is 0. The van der Waals surface area contributed by atoms with E-state index in [9.17, 15) is 0 Å². The molecule has 0 saturated heterocycles. The average molecular weight is 614 g/mol. The molecule has 8 aromatic carbocycles. The Balaban J connectivity index is 1.16. The van der Waals surface area contributed by atoms with Crippen LogP contribution < -0.4 is 4.90 Å². The largest absolute Gasteiger partial charge is 0.454 e. The zero-order valence-electron chi connectivity index (χ0n) is 26.3. The van der Waals surface area contributed by atoms with Crippen LogP contribution in [0.25, 0.3) is 66.1 Å². The molecule has 9 aromatic rings. The second-order valence-electron chi connectivity index (χ2n) is 12.2. The summed E-state index contributed by atoms with van der Waals surface area (Å²) in [5.74, 6) is 0. The van der Waals surface area contributed by atoms with Crippen molar-refractivity contribution in [1.82, 2.24) is 0 Å². The van der Waals surface area contributed by atoms with Crippen LogP contribution in [-0.4, -0.2) is 0 Å². The molecule has 226 valence electrons. The predicted octanol–water partition coefficient (Wildman–Crippen LogP) is 13.2. The van der Waals surface area contributed by atoms with Gasteiger partial charge in [-0.15, -0.1) is 0 Å². The molecule has 0 aliphatic carbocycles. The summed E-state index contributed by atoms with van der Waals surface area (Å²) in [6.07, 6.45) is 0. The van der Waals surface area contributed by atoms with E-state index in [1.54, 1.807) is 0 Å². The van der Waals surface area contributed by atoms with E-state index in [2.05, 4.69) is 193 Å². The molecular weight excluding hydrogens is 583 g/mol. The first-order chi connectivity index (χ1) is 23.8. The maximum absolute atomic E-state index is 6.76. The third kappa shape index (κ3) is 4.92. The molecule has 0 radical (unpaired) electrons. The van der Waals surface area contributed by atoms with Crippen LogP contribution in [0.1, 0.15) is 0 Å². The van der Waals surface area contributed by atoms with Gasteiger partial charge in [-0.05, 0) is 86.6 Å². The number of nitrogens with zero attached hydrogens (tertiary/aromatic N) is 1. The first-order valence-corrected chi connectivity index (χ1v) is 16.3. The monoisotopic (exact) mass is 613 g/mol. The van der Waals surface area contributed by atoms with E-state index in [-0.39, 0.29) is 0 Å². The Morgan fingerprint density at radius 1 is 0.354 bits per heavy atom. The van der Waals surface area contributed by atoms with Crippen LogP contribution >= 0.6 is 0 Å².